The summed E-state index contributed by atoms with van der Waals surface area (Å²) in [6.07, 6.45) is 11.5. The van der Waals surface area contributed by atoms with Crippen molar-refractivity contribution in [2.24, 2.45) is 5.41 Å². The Morgan fingerprint density at radius 2 is 1.85 bits per heavy atom. The fourth-order valence-corrected chi connectivity index (χ4v) is 5.50. The number of amides is 1. The zero-order valence-corrected chi connectivity index (χ0v) is 18.9. The molecule has 0 bridgehead atoms. The lowest BCUT2D eigenvalue weighted by Gasteiger charge is -2.54. The van der Waals surface area contributed by atoms with Crippen LogP contribution in [0.2, 0.25) is 5.02 Å². The molecule has 2 aromatic carbocycles. The summed E-state index contributed by atoms with van der Waals surface area (Å²) in [5, 5.41) is 9.14. The number of rotatable bonds is 5. The summed E-state index contributed by atoms with van der Waals surface area (Å²) in [7, 11) is 0. The van der Waals surface area contributed by atoms with Crippen molar-refractivity contribution in [3.8, 4) is 11.4 Å². The van der Waals surface area contributed by atoms with Crippen molar-refractivity contribution in [3.63, 3.8) is 0 Å². The molecule has 2 saturated carbocycles. The Bertz CT molecular complexity index is 1320. The molecule has 1 N–H and O–H groups in total. The number of fused-ring (bicyclic) bond motifs is 1. The lowest BCUT2D eigenvalue weighted by molar-refractivity contribution is -0.000604. The molecular formula is C26H24ClN5O. The fourth-order valence-electron chi connectivity index (χ4n) is 5.27. The van der Waals surface area contributed by atoms with E-state index in [2.05, 4.69) is 20.4 Å². The van der Waals surface area contributed by atoms with Crippen molar-refractivity contribution < 1.29 is 4.79 Å². The van der Waals surface area contributed by atoms with Crippen LogP contribution in [-0.4, -0.2) is 31.7 Å². The zero-order valence-electron chi connectivity index (χ0n) is 18.2. The Morgan fingerprint density at radius 1 is 1.09 bits per heavy atom. The van der Waals surface area contributed by atoms with Gasteiger partial charge in [-0.3, -0.25) is 9.48 Å². The fraction of sp³-hybridized carbons (Fsp3) is 0.308. The first-order valence-electron chi connectivity index (χ1n) is 11.4. The molecule has 2 aliphatic carbocycles. The van der Waals surface area contributed by atoms with Crippen LogP contribution in [0.25, 0.3) is 22.3 Å². The van der Waals surface area contributed by atoms with E-state index in [9.17, 15) is 4.79 Å². The van der Waals surface area contributed by atoms with Gasteiger partial charge in [0.15, 0.2) is 5.82 Å². The number of carbonyl (C=O) groups excluding carboxylic acids is 1. The Hall–Kier alpha value is -3.25. The quantitative estimate of drug-likeness (QED) is 0.443. The van der Waals surface area contributed by atoms with Gasteiger partial charge in [-0.15, -0.1) is 0 Å². The van der Waals surface area contributed by atoms with Crippen LogP contribution in [0.4, 0.5) is 0 Å². The highest BCUT2D eigenvalue weighted by molar-refractivity contribution is 6.32. The molecule has 0 radical (unpaired) electrons. The molecule has 33 heavy (non-hydrogen) atoms. The molecule has 6 nitrogen and oxygen atoms in total. The molecule has 7 heteroatoms. The first-order valence-corrected chi connectivity index (χ1v) is 11.8. The minimum Gasteiger partial charge on any atom is -0.349 e. The van der Waals surface area contributed by atoms with E-state index >= 15 is 0 Å². The largest absolute Gasteiger partial charge is 0.349 e. The van der Waals surface area contributed by atoms with Crippen molar-refractivity contribution in [3.05, 3.63) is 77.2 Å². The van der Waals surface area contributed by atoms with Crippen LogP contribution in [0.1, 0.15) is 48.0 Å². The average molecular weight is 458 g/mol. The number of nitrogens with zero attached hydrogens (tertiary/aromatic N) is 4. The molecule has 2 fully saturated rings. The average Bonchev–Trinajstić information content (AvgIpc) is 3.17. The predicted octanol–water partition coefficient (Wildman–Crippen LogP) is 5.26. The second-order valence-electron chi connectivity index (χ2n) is 9.41. The van der Waals surface area contributed by atoms with Gasteiger partial charge in [0, 0.05) is 40.0 Å². The number of aromatic nitrogens is 4. The summed E-state index contributed by atoms with van der Waals surface area (Å²) in [5.74, 6) is 0.598. The van der Waals surface area contributed by atoms with Crippen LogP contribution in [-0.2, 0) is 6.54 Å². The minimum atomic E-state index is -0.0842. The third kappa shape index (κ3) is 3.78. The first kappa shape index (κ1) is 20.4. The van der Waals surface area contributed by atoms with Crippen LogP contribution in [0.15, 0.2) is 61.1 Å². The number of hydrogen-bond donors (Lipinski definition) is 1. The van der Waals surface area contributed by atoms with Crippen molar-refractivity contribution in [2.75, 3.05) is 0 Å². The zero-order chi connectivity index (χ0) is 22.4. The Morgan fingerprint density at radius 3 is 2.55 bits per heavy atom. The molecule has 0 saturated heterocycles. The number of nitrogens with one attached hydrogen (secondary N) is 1. The maximum Gasteiger partial charge on any atom is 0.253 e. The Balaban J connectivity index is 1.25. The molecule has 0 atom stereocenters. The SMILES string of the molecule is O=C(NC1CC2(CCC2)C1)c1cc(Cl)cc2cnn(Cc3cnc(-c4ccccc4)nc3)c12. The summed E-state index contributed by atoms with van der Waals surface area (Å²) in [6, 6.07) is 13.7. The van der Waals surface area contributed by atoms with Gasteiger partial charge in [-0.05, 0) is 43.2 Å². The van der Waals surface area contributed by atoms with Gasteiger partial charge in [-0.1, -0.05) is 48.4 Å². The van der Waals surface area contributed by atoms with E-state index in [0.717, 1.165) is 34.9 Å². The number of hydrogen-bond acceptors (Lipinski definition) is 4. The van der Waals surface area contributed by atoms with E-state index in [1.165, 1.54) is 19.3 Å². The van der Waals surface area contributed by atoms with Gasteiger partial charge < -0.3 is 5.32 Å². The van der Waals surface area contributed by atoms with Crippen molar-refractivity contribution in [1.29, 1.82) is 0 Å². The number of halogens is 1. The standard InChI is InChI=1S/C26H24ClN5O/c27-20-9-19-15-30-32(16-17-13-28-24(29-14-17)18-5-2-1-3-6-18)23(19)22(10-20)25(33)31-21-11-26(12-21)7-4-8-26/h1-3,5-6,9-10,13-15,21H,4,7-8,11-12,16H2,(H,31,33). The van der Waals surface area contributed by atoms with E-state index in [1.807, 2.05) is 53.5 Å². The molecular weight excluding hydrogens is 434 g/mol. The second-order valence-corrected chi connectivity index (χ2v) is 9.84. The van der Waals surface area contributed by atoms with Gasteiger partial charge in [0.1, 0.15) is 0 Å². The van der Waals surface area contributed by atoms with Crippen LogP contribution < -0.4 is 5.32 Å². The summed E-state index contributed by atoms with van der Waals surface area (Å²) in [4.78, 5) is 22.2. The van der Waals surface area contributed by atoms with Gasteiger partial charge in [0.25, 0.3) is 5.91 Å². The van der Waals surface area contributed by atoms with Gasteiger partial charge in [0.2, 0.25) is 0 Å². The minimum absolute atomic E-state index is 0.0842. The monoisotopic (exact) mass is 457 g/mol. The third-order valence-corrected chi connectivity index (χ3v) is 7.34. The van der Waals surface area contributed by atoms with E-state index < -0.39 is 0 Å². The molecule has 6 rings (SSSR count). The molecule has 2 aromatic heterocycles. The van der Waals surface area contributed by atoms with Crippen molar-refractivity contribution in [1.82, 2.24) is 25.1 Å². The molecule has 2 heterocycles. The summed E-state index contributed by atoms with van der Waals surface area (Å²) in [6.45, 7) is 0.465. The van der Waals surface area contributed by atoms with E-state index in [0.29, 0.717) is 28.4 Å². The maximum absolute atomic E-state index is 13.2. The van der Waals surface area contributed by atoms with E-state index in [1.54, 1.807) is 12.3 Å². The van der Waals surface area contributed by atoms with Gasteiger partial charge >= 0.3 is 0 Å². The van der Waals surface area contributed by atoms with E-state index in [-0.39, 0.29) is 11.9 Å². The maximum atomic E-state index is 13.2. The summed E-state index contributed by atoms with van der Waals surface area (Å²) < 4.78 is 1.83. The van der Waals surface area contributed by atoms with Crippen LogP contribution in [0.5, 0.6) is 0 Å². The number of carbonyl (C=O) groups is 1. The highest BCUT2D eigenvalue weighted by Crippen LogP contribution is 2.55. The van der Waals surface area contributed by atoms with Crippen LogP contribution in [0.3, 0.4) is 0 Å². The Labute approximate surface area is 197 Å². The molecule has 4 aromatic rings. The molecule has 0 aliphatic heterocycles. The van der Waals surface area contributed by atoms with Crippen molar-refractivity contribution >= 4 is 28.4 Å². The lowest BCUT2D eigenvalue weighted by atomic mass is 9.54. The molecule has 0 unspecified atom stereocenters. The third-order valence-electron chi connectivity index (χ3n) is 7.12. The smallest absolute Gasteiger partial charge is 0.253 e. The molecule has 1 spiro atoms. The molecule has 1 amide bonds. The van der Waals surface area contributed by atoms with Gasteiger partial charge in [-0.25, -0.2) is 9.97 Å². The van der Waals surface area contributed by atoms with Crippen LogP contribution >= 0.6 is 11.6 Å². The highest BCUT2D eigenvalue weighted by atomic mass is 35.5. The molecule has 2 aliphatic rings. The highest BCUT2D eigenvalue weighted by Gasteiger charge is 2.48. The van der Waals surface area contributed by atoms with Crippen LogP contribution in [0, 0.1) is 5.41 Å². The lowest BCUT2D eigenvalue weighted by Crippen LogP contribution is -2.53. The van der Waals surface area contributed by atoms with E-state index in [4.69, 9.17) is 11.6 Å². The van der Waals surface area contributed by atoms with Gasteiger partial charge in [0.05, 0.1) is 23.8 Å². The summed E-state index contributed by atoms with van der Waals surface area (Å²) in [5.41, 5.74) is 3.73. The normalized spacial score (nSPS) is 17.0. The predicted molar refractivity (Wildman–Crippen MR) is 128 cm³/mol. The summed E-state index contributed by atoms with van der Waals surface area (Å²) >= 11 is 6.34. The molecule has 166 valence electrons. The number of benzene rings is 2. The Kier molecular flexibility index (Phi) is 4.91. The first-order chi connectivity index (χ1) is 16.1. The second kappa shape index (κ2) is 7.96. The van der Waals surface area contributed by atoms with Crippen molar-refractivity contribution in [2.45, 2.75) is 44.7 Å². The topological polar surface area (TPSA) is 72.7 Å². The van der Waals surface area contributed by atoms with Gasteiger partial charge in [-0.2, -0.15) is 5.10 Å².